The number of aliphatic hydroxyl groups excluding tert-OH is 1. The highest BCUT2D eigenvalue weighted by Crippen LogP contribution is 2.16. The largest absolute Gasteiger partial charge is 0.395 e. The number of alkyl halides is 1. The van der Waals surface area contributed by atoms with E-state index >= 15 is 0 Å². The van der Waals surface area contributed by atoms with Crippen molar-refractivity contribution in [2.24, 2.45) is 5.92 Å². The first-order chi connectivity index (χ1) is 5.57. The molecule has 0 rings (SSSR count). The van der Waals surface area contributed by atoms with Gasteiger partial charge in [-0.2, -0.15) is 0 Å². The molecular weight excluding hydrogens is 172 g/mol. The third-order valence-electron chi connectivity index (χ3n) is 1.97. The van der Waals surface area contributed by atoms with E-state index in [-0.39, 0.29) is 12.0 Å². The van der Waals surface area contributed by atoms with E-state index < -0.39 is 0 Å². The molecule has 0 aliphatic heterocycles. The van der Waals surface area contributed by atoms with E-state index in [1.807, 2.05) is 0 Å². The van der Waals surface area contributed by atoms with Gasteiger partial charge in [-0.1, -0.05) is 18.6 Å². The lowest BCUT2D eigenvalue weighted by molar-refractivity contribution is 0.263. The summed E-state index contributed by atoms with van der Waals surface area (Å²) in [5.41, 5.74) is 1.34. The topological polar surface area (TPSA) is 20.2 Å². The molecule has 0 fully saturated rings. The van der Waals surface area contributed by atoms with Crippen molar-refractivity contribution in [3.8, 4) is 0 Å². The minimum absolute atomic E-state index is 0.0809. The highest BCUT2D eigenvalue weighted by molar-refractivity contribution is 6.20. The van der Waals surface area contributed by atoms with Crippen molar-refractivity contribution in [2.75, 3.05) is 6.61 Å². The number of hydrogen-bond donors (Lipinski definition) is 1. The van der Waals surface area contributed by atoms with Crippen molar-refractivity contribution in [2.45, 2.75) is 39.0 Å². The zero-order valence-electron chi connectivity index (χ0n) is 8.18. The molecule has 0 heterocycles. The summed E-state index contributed by atoms with van der Waals surface area (Å²) in [6.45, 7) is 6.34. The molecular formula is C10H19ClO. The molecule has 0 bridgehead atoms. The van der Waals surface area contributed by atoms with Crippen LogP contribution in [0.1, 0.15) is 33.6 Å². The Morgan fingerprint density at radius 1 is 1.50 bits per heavy atom. The number of hydrogen-bond acceptors (Lipinski definition) is 1. The summed E-state index contributed by atoms with van der Waals surface area (Å²) >= 11 is 5.86. The van der Waals surface area contributed by atoms with Crippen LogP contribution >= 0.6 is 11.6 Å². The van der Waals surface area contributed by atoms with Gasteiger partial charge < -0.3 is 5.11 Å². The molecule has 12 heavy (non-hydrogen) atoms. The third-order valence-corrected chi connectivity index (χ3v) is 2.53. The number of rotatable bonds is 5. The van der Waals surface area contributed by atoms with E-state index in [1.165, 1.54) is 5.57 Å². The fraction of sp³-hybridized carbons (Fsp3) is 0.800. The molecule has 0 aromatic heterocycles. The van der Waals surface area contributed by atoms with Crippen molar-refractivity contribution in [3.63, 3.8) is 0 Å². The maximum absolute atomic E-state index is 8.77. The fourth-order valence-electron chi connectivity index (χ4n) is 0.996. The first-order valence-electron chi connectivity index (χ1n) is 4.46. The van der Waals surface area contributed by atoms with Crippen LogP contribution in [0.3, 0.4) is 0 Å². The van der Waals surface area contributed by atoms with Crippen LogP contribution in [0, 0.1) is 5.92 Å². The van der Waals surface area contributed by atoms with Crippen molar-refractivity contribution in [1.29, 1.82) is 0 Å². The second-order valence-corrected chi connectivity index (χ2v) is 4.10. The monoisotopic (exact) mass is 190 g/mol. The lowest BCUT2D eigenvalue weighted by atomic mass is 10.0. The summed E-state index contributed by atoms with van der Waals surface area (Å²) < 4.78 is 0. The Hall–Kier alpha value is -0.0100. The summed E-state index contributed by atoms with van der Waals surface area (Å²) in [7, 11) is 0. The Labute approximate surface area is 80.4 Å². The van der Waals surface area contributed by atoms with E-state index in [9.17, 15) is 0 Å². The molecule has 2 heteroatoms. The van der Waals surface area contributed by atoms with E-state index in [0.29, 0.717) is 5.92 Å². The average Bonchev–Trinajstić information content (AvgIpc) is 2.02. The van der Waals surface area contributed by atoms with Gasteiger partial charge in [-0.15, -0.1) is 11.6 Å². The van der Waals surface area contributed by atoms with Crippen molar-refractivity contribution < 1.29 is 5.11 Å². The molecule has 0 saturated heterocycles. The zero-order valence-corrected chi connectivity index (χ0v) is 8.93. The maximum Gasteiger partial charge on any atom is 0.0597 e. The molecule has 0 aliphatic rings. The SMILES string of the molecule is CC(C)=CCC[C@@H](C)[C@@H](Cl)CO. The Balaban J connectivity index is 3.57. The van der Waals surface area contributed by atoms with Crippen molar-refractivity contribution in [3.05, 3.63) is 11.6 Å². The van der Waals surface area contributed by atoms with Gasteiger partial charge in [-0.05, 0) is 32.6 Å². The molecule has 0 spiro atoms. The van der Waals surface area contributed by atoms with Crippen molar-refractivity contribution in [1.82, 2.24) is 0 Å². The van der Waals surface area contributed by atoms with Crippen LogP contribution in [0.2, 0.25) is 0 Å². The number of allylic oxidation sites excluding steroid dienone is 2. The van der Waals surface area contributed by atoms with Crippen LogP contribution in [-0.2, 0) is 0 Å². The predicted molar refractivity (Wildman–Crippen MR) is 54.6 cm³/mol. The van der Waals surface area contributed by atoms with E-state index in [4.69, 9.17) is 16.7 Å². The van der Waals surface area contributed by atoms with Crippen LogP contribution in [0.25, 0.3) is 0 Å². The zero-order chi connectivity index (χ0) is 9.56. The molecule has 0 radical (unpaired) electrons. The van der Waals surface area contributed by atoms with Gasteiger partial charge in [0.25, 0.3) is 0 Å². The normalized spacial score (nSPS) is 15.4. The highest BCUT2D eigenvalue weighted by Gasteiger charge is 2.11. The van der Waals surface area contributed by atoms with Gasteiger partial charge >= 0.3 is 0 Å². The number of aliphatic hydroxyl groups is 1. The maximum atomic E-state index is 8.77. The minimum atomic E-state index is -0.0874. The minimum Gasteiger partial charge on any atom is -0.395 e. The first kappa shape index (κ1) is 12.0. The van der Waals surface area contributed by atoms with Crippen LogP contribution in [-0.4, -0.2) is 17.1 Å². The van der Waals surface area contributed by atoms with Crippen LogP contribution in [0.4, 0.5) is 0 Å². The van der Waals surface area contributed by atoms with E-state index in [1.54, 1.807) is 0 Å². The predicted octanol–water partition coefficient (Wildman–Crippen LogP) is 2.97. The van der Waals surface area contributed by atoms with Gasteiger partial charge in [0.2, 0.25) is 0 Å². The van der Waals surface area contributed by atoms with E-state index in [2.05, 4.69) is 26.8 Å². The Bertz CT molecular complexity index is 139. The summed E-state index contributed by atoms with van der Waals surface area (Å²) in [4.78, 5) is 0. The van der Waals surface area contributed by atoms with Crippen molar-refractivity contribution >= 4 is 11.6 Å². The summed E-state index contributed by atoms with van der Waals surface area (Å²) in [6, 6.07) is 0. The second kappa shape index (κ2) is 6.50. The molecule has 0 aromatic rings. The van der Waals surface area contributed by atoms with Gasteiger partial charge in [0.05, 0.1) is 12.0 Å². The molecule has 0 saturated carbocycles. The van der Waals surface area contributed by atoms with Gasteiger partial charge in [0.15, 0.2) is 0 Å². The Morgan fingerprint density at radius 3 is 2.50 bits per heavy atom. The standard InChI is InChI=1S/C10H19ClO/c1-8(2)5-4-6-9(3)10(11)7-12/h5,9-10,12H,4,6-7H2,1-3H3/t9-,10+/m1/s1. The molecule has 1 nitrogen and oxygen atoms in total. The molecule has 72 valence electrons. The summed E-state index contributed by atoms with van der Waals surface area (Å²) in [5.74, 6) is 0.396. The van der Waals surface area contributed by atoms with Crippen LogP contribution in [0.15, 0.2) is 11.6 Å². The molecule has 0 aromatic carbocycles. The Kier molecular flexibility index (Phi) is 6.49. The number of halogens is 1. The molecule has 1 N–H and O–H groups in total. The molecule has 0 aliphatic carbocycles. The third kappa shape index (κ3) is 5.62. The van der Waals surface area contributed by atoms with Crippen LogP contribution in [0.5, 0.6) is 0 Å². The molecule has 2 atom stereocenters. The molecule has 0 unspecified atom stereocenters. The van der Waals surface area contributed by atoms with Gasteiger partial charge in [0, 0.05) is 0 Å². The van der Waals surface area contributed by atoms with Crippen LogP contribution < -0.4 is 0 Å². The van der Waals surface area contributed by atoms with Gasteiger partial charge in [0.1, 0.15) is 0 Å². The second-order valence-electron chi connectivity index (χ2n) is 3.53. The lowest BCUT2D eigenvalue weighted by Crippen LogP contribution is -2.15. The Morgan fingerprint density at radius 2 is 2.08 bits per heavy atom. The quantitative estimate of drug-likeness (QED) is 0.522. The first-order valence-corrected chi connectivity index (χ1v) is 4.89. The van der Waals surface area contributed by atoms with Gasteiger partial charge in [-0.3, -0.25) is 0 Å². The smallest absolute Gasteiger partial charge is 0.0597 e. The van der Waals surface area contributed by atoms with E-state index in [0.717, 1.165) is 12.8 Å². The fourth-order valence-corrected chi connectivity index (χ4v) is 1.12. The highest BCUT2D eigenvalue weighted by atomic mass is 35.5. The molecule has 0 amide bonds. The average molecular weight is 191 g/mol. The summed E-state index contributed by atoms with van der Waals surface area (Å²) in [6.07, 6.45) is 4.32. The lowest BCUT2D eigenvalue weighted by Gasteiger charge is -2.14. The summed E-state index contributed by atoms with van der Waals surface area (Å²) in [5, 5.41) is 8.68. The van der Waals surface area contributed by atoms with Gasteiger partial charge in [-0.25, -0.2) is 0 Å².